The highest BCUT2D eigenvalue weighted by Crippen LogP contribution is 2.40. The standard InChI is InChI=1S/C10H7Cl2NO2/c11-7-3-6(8(12)5-13)4-9-10(7)15-2-1-14-9/h3-4,8H,1-2H2. The predicted octanol–water partition coefficient (Wildman–Crippen LogP) is 2.91. The Morgan fingerprint density at radius 1 is 1.33 bits per heavy atom. The van der Waals surface area contributed by atoms with Gasteiger partial charge in [-0.2, -0.15) is 5.26 Å². The lowest BCUT2D eigenvalue weighted by Crippen LogP contribution is -2.15. The molecular formula is C10H7Cl2NO2. The highest BCUT2D eigenvalue weighted by molar-refractivity contribution is 6.32. The van der Waals surface area contributed by atoms with Gasteiger partial charge >= 0.3 is 0 Å². The van der Waals surface area contributed by atoms with Gasteiger partial charge in [0.05, 0.1) is 11.1 Å². The minimum atomic E-state index is -0.724. The average molecular weight is 244 g/mol. The minimum absolute atomic E-state index is 0.420. The van der Waals surface area contributed by atoms with Gasteiger partial charge in [-0.3, -0.25) is 0 Å². The van der Waals surface area contributed by atoms with E-state index in [1.807, 2.05) is 6.07 Å². The van der Waals surface area contributed by atoms with E-state index in [2.05, 4.69) is 0 Å². The summed E-state index contributed by atoms with van der Waals surface area (Å²) in [7, 11) is 0. The molecule has 1 unspecified atom stereocenters. The van der Waals surface area contributed by atoms with Gasteiger partial charge in [-0.05, 0) is 17.7 Å². The Kier molecular flexibility index (Phi) is 2.90. The van der Waals surface area contributed by atoms with Gasteiger partial charge in [-0.25, -0.2) is 0 Å². The molecule has 0 N–H and O–H groups in total. The van der Waals surface area contributed by atoms with Crippen molar-refractivity contribution in [2.75, 3.05) is 13.2 Å². The van der Waals surface area contributed by atoms with E-state index in [9.17, 15) is 0 Å². The Hall–Kier alpha value is -1.11. The molecule has 2 rings (SSSR count). The van der Waals surface area contributed by atoms with Crippen molar-refractivity contribution in [2.45, 2.75) is 5.38 Å². The van der Waals surface area contributed by atoms with Crippen LogP contribution in [0.1, 0.15) is 10.9 Å². The first-order valence-electron chi connectivity index (χ1n) is 4.35. The Balaban J connectivity index is 2.46. The maximum atomic E-state index is 8.69. The number of rotatable bonds is 1. The number of hydrogen-bond donors (Lipinski definition) is 0. The van der Waals surface area contributed by atoms with Crippen LogP contribution >= 0.6 is 23.2 Å². The first-order chi connectivity index (χ1) is 7.22. The van der Waals surface area contributed by atoms with Crippen LogP contribution in [0.25, 0.3) is 0 Å². The molecule has 0 saturated heterocycles. The second-order valence-corrected chi connectivity index (χ2v) is 3.86. The zero-order chi connectivity index (χ0) is 10.8. The fourth-order valence-corrected chi connectivity index (χ4v) is 1.75. The minimum Gasteiger partial charge on any atom is -0.486 e. The number of hydrogen-bond acceptors (Lipinski definition) is 3. The normalized spacial score (nSPS) is 15.5. The number of ether oxygens (including phenoxy) is 2. The van der Waals surface area contributed by atoms with E-state index < -0.39 is 5.38 Å². The molecule has 0 aliphatic carbocycles. The third kappa shape index (κ3) is 1.97. The number of fused-ring (bicyclic) bond motifs is 1. The lowest BCUT2D eigenvalue weighted by Gasteiger charge is -2.20. The Labute approximate surface area is 97.1 Å². The van der Waals surface area contributed by atoms with Crippen molar-refractivity contribution in [3.63, 3.8) is 0 Å². The summed E-state index contributed by atoms with van der Waals surface area (Å²) in [6.07, 6.45) is 0. The monoisotopic (exact) mass is 243 g/mol. The first kappa shape index (κ1) is 10.4. The van der Waals surface area contributed by atoms with E-state index in [-0.39, 0.29) is 0 Å². The van der Waals surface area contributed by atoms with Crippen molar-refractivity contribution in [1.29, 1.82) is 5.26 Å². The molecule has 3 nitrogen and oxygen atoms in total. The van der Waals surface area contributed by atoms with Gasteiger partial charge in [0.2, 0.25) is 0 Å². The van der Waals surface area contributed by atoms with Gasteiger partial charge < -0.3 is 9.47 Å². The van der Waals surface area contributed by atoms with E-state index in [0.717, 1.165) is 0 Å². The van der Waals surface area contributed by atoms with Gasteiger partial charge in [0, 0.05) is 0 Å². The lowest BCUT2D eigenvalue weighted by molar-refractivity contribution is 0.171. The van der Waals surface area contributed by atoms with Crippen LogP contribution in [0.4, 0.5) is 0 Å². The molecule has 0 aromatic heterocycles. The highest BCUT2D eigenvalue weighted by atomic mass is 35.5. The Bertz CT molecular complexity index is 428. The Morgan fingerprint density at radius 3 is 2.80 bits per heavy atom. The van der Waals surface area contributed by atoms with Gasteiger partial charge in [-0.15, -0.1) is 11.6 Å². The molecule has 5 heteroatoms. The van der Waals surface area contributed by atoms with Crippen LogP contribution < -0.4 is 9.47 Å². The summed E-state index contributed by atoms with van der Waals surface area (Å²) < 4.78 is 10.7. The van der Waals surface area contributed by atoms with Gasteiger partial charge in [0.15, 0.2) is 11.5 Å². The largest absolute Gasteiger partial charge is 0.486 e. The first-order valence-corrected chi connectivity index (χ1v) is 5.16. The summed E-state index contributed by atoms with van der Waals surface area (Å²) in [6.45, 7) is 0.959. The molecule has 0 amide bonds. The van der Waals surface area contributed by atoms with E-state index in [4.69, 9.17) is 37.9 Å². The van der Waals surface area contributed by atoms with Crippen molar-refractivity contribution in [1.82, 2.24) is 0 Å². The van der Waals surface area contributed by atoms with E-state index in [1.54, 1.807) is 12.1 Å². The summed E-state index contributed by atoms with van der Waals surface area (Å²) in [6, 6.07) is 5.23. The summed E-state index contributed by atoms with van der Waals surface area (Å²) in [4.78, 5) is 0. The van der Waals surface area contributed by atoms with Crippen molar-refractivity contribution >= 4 is 23.2 Å². The predicted molar refractivity (Wildman–Crippen MR) is 56.6 cm³/mol. The van der Waals surface area contributed by atoms with Crippen LogP contribution in [0.5, 0.6) is 11.5 Å². The van der Waals surface area contributed by atoms with E-state index in [1.165, 1.54) is 0 Å². The maximum Gasteiger partial charge on any atom is 0.179 e. The molecular weight excluding hydrogens is 237 g/mol. The third-order valence-corrected chi connectivity index (χ3v) is 2.66. The molecule has 0 radical (unpaired) electrons. The molecule has 1 aliphatic rings. The molecule has 1 heterocycles. The SMILES string of the molecule is N#CC(Cl)c1cc(Cl)c2c(c1)OCCO2. The molecule has 0 bridgehead atoms. The number of halogens is 2. The molecule has 1 aromatic rings. The topological polar surface area (TPSA) is 42.2 Å². The van der Waals surface area contributed by atoms with Gasteiger partial charge in [0.25, 0.3) is 0 Å². The molecule has 0 spiro atoms. The molecule has 15 heavy (non-hydrogen) atoms. The van der Waals surface area contributed by atoms with E-state index in [0.29, 0.717) is 35.3 Å². The quantitative estimate of drug-likeness (QED) is 0.713. The van der Waals surface area contributed by atoms with Crippen molar-refractivity contribution < 1.29 is 9.47 Å². The fraction of sp³-hybridized carbons (Fsp3) is 0.300. The zero-order valence-corrected chi connectivity index (χ0v) is 9.18. The number of nitriles is 1. The summed E-state index contributed by atoms with van der Waals surface area (Å²) in [5, 5.41) is 8.38. The van der Waals surface area contributed by atoms with Crippen molar-refractivity contribution in [3.8, 4) is 17.6 Å². The molecule has 1 aliphatic heterocycles. The molecule has 1 aromatic carbocycles. The maximum absolute atomic E-state index is 8.69. The lowest BCUT2D eigenvalue weighted by atomic mass is 10.1. The fourth-order valence-electron chi connectivity index (χ4n) is 1.35. The third-order valence-electron chi connectivity index (χ3n) is 2.03. The average Bonchev–Trinajstić information content (AvgIpc) is 2.28. The smallest absolute Gasteiger partial charge is 0.179 e. The van der Waals surface area contributed by atoms with Gasteiger partial charge in [-0.1, -0.05) is 11.6 Å². The van der Waals surface area contributed by atoms with E-state index >= 15 is 0 Å². The zero-order valence-electron chi connectivity index (χ0n) is 7.67. The second kappa shape index (κ2) is 4.18. The summed E-state index contributed by atoms with van der Waals surface area (Å²) in [5.41, 5.74) is 0.619. The van der Waals surface area contributed by atoms with Crippen LogP contribution in [-0.4, -0.2) is 13.2 Å². The number of alkyl halides is 1. The second-order valence-electron chi connectivity index (χ2n) is 3.02. The van der Waals surface area contributed by atoms with Crippen LogP contribution in [-0.2, 0) is 0 Å². The number of benzene rings is 1. The highest BCUT2D eigenvalue weighted by Gasteiger charge is 2.19. The van der Waals surface area contributed by atoms with Crippen LogP contribution in [0.2, 0.25) is 5.02 Å². The van der Waals surface area contributed by atoms with Crippen LogP contribution in [0, 0.1) is 11.3 Å². The van der Waals surface area contributed by atoms with Crippen molar-refractivity contribution in [2.24, 2.45) is 0 Å². The Morgan fingerprint density at radius 2 is 2.07 bits per heavy atom. The summed E-state index contributed by atoms with van der Waals surface area (Å²) in [5.74, 6) is 1.07. The van der Waals surface area contributed by atoms with Crippen LogP contribution in [0.15, 0.2) is 12.1 Å². The molecule has 0 fully saturated rings. The van der Waals surface area contributed by atoms with Gasteiger partial charge in [0.1, 0.15) is 18.6 Å². The molecule has 78 valence electrons. The van der Waals surface area contributed by atoms with Crippen molar-refractivity contribution in [3.05, 3.63) is 22.7 Å². The molecule has 1 atom stereocenters. The molecule has 0 saturated carbocycles. The summed E-state index contributed by atoms with van der Waals surface area (Å²) >= 11 is 11.8. The van der Waals surface area contributed by atoms with Crippen LogP contribution in [0.3, 0.4) is 0 Å². The number of nitrogens with zero attached hydrogens (tertiary/aromatic N) is 1.